The van der Waals surface area contributed by atoms with E-state index in [0.29, 0.717) is 19.3 Å². The van der Waals surface area contributed by atoms with E-state index in [1.165, 1.54) is 5.56 Å². The van der Waals surface area contributed by atoms with Crippen LogP contribution >= 0.6 is 0 Å². The fourth-order valence-electron chi connectivity index (χ4n) is 5.58. The van der Waals surface area contributed by atoms with Crippen LogP contribution in [0.15, 0.2) is 60.7 Å². The highest BCUT2D eigenvalue weighted by molar-refractivity contribution is 6.40. The number of benzene rings is 2. The van der Waals surface area contributed by atoms with Crippen LogP contribution in [-0.2, 0) is 16.0 Å². The van der Waals surface area contributed by atoms with Crippen LogP contribution in [0.5, 0.6) is 0 Å². The largest absolute Gasteiger partial charge is 0.465 e. The molecule has 3 rings (SSSR count). The van der Waals surface area contributed by atoms with Gasteiger partial charge in [0.25, 0.3) is 5.91 Å². The van der Waals surface area contributed by atoms with E-state index in [0.717, 1.165) is 50.5 Å². The van der Waals surface area contributed by atoms with Crippen molar-refractivity contribution in [3.8, 4) is 0 Å². The molecule has 0 bridgehead atoms. The van der Waals surface area contributed by atoms with E-state index < -0.39 is 23.3 Å². The standard InChI is InChI=1S/C30H40N2O4/c1-3-4-21-30(32-28(35)36,26(33)27(34)31-23(2)25-16-9-6-10-17-25)22-29(19-12-20-29)18-11-15-24-13-7-5-8-14-24/h5-10,13-14,16-17,23,32H,3-4,11-12,15,18-22H2,1-2H3,(H,31,34)(H,35,36)/t23-,30?/m1/s1. The summed E-state index contributed by atoms with van der Waals surface area (Å²) in [6.45, 7) is 3.84. The number of nitrogens with one attached hydrogen (secondary N) is 2. The Kier molecular flexibility index (Phi) is 9.68. The number of ketones is 1. The number of carbonyl (C=O) groups is 3. The Hall–Kier alpha value is -3.15. The topological polar surface area (TPSA) is 95.5 Å². The first-order chi connectivity index (χ1) is 17.3. The van der Waals surface area contributed by atoms with Gasteiger partial charge >= 0.3 is 6.09 Å². The Balaban J connectivity index is 1.79. The van der Waals surface area contributed by atoms with Gasteiger partial charge < -0.3 is 15.7 Å². The quantitative estimate of drug-likeness (QED) is 0.273. The van der Waals surface area contributed by atoms with E-state index in [9.17, 15) is 19.5 Å². The van der Waals surface area contributed by atoms with Gasteiger partial charge in [-0.1, -0.05) is 86.8 Å². The minimum Gasteiger partial charge on any atom is -0.465 e. The first-order valence-corrected chi connectivity index (χ1v) is 13.2. The molecule has 1 unspecified atom stereocenters. The Morgan fingerprint density at radius 3 is 2.19 bits per heavy atom. The van der Waals surface area contributed by atoms with Crippen molar-refractivity contribution in [1.29, 1.82) is 0 Å². The van der Waals surface area contributed by atoms with Gasteiger partial charge in [-0.05, 0) is 68.4 Å². The molecular formula is C30H40N2O4. The van der Waals surface area contributed by atoms with Crippen molar-refractivity contribution in [2.45, 2.75) is 89.6 Å². The van der Waals surface area contributed by atoms with Crippen LogP contribution in [0, 0.1) is 5.41 Å². The van der Waals surface area contributed by atoms with E-state index >= 15 is 0 Å². The van der Waals surface area contributed by atoms with Gasteiger partial charge in [-0.15, -0.1) is 0 Å². The number of aryl methyl sites for hydroxylation is 1. The molecule has 2 amide bonds. The van der Waals surface area contributed by atoms with E-state index in [4.69, 9.17) is 0 Å². The number of carbonyl (C=O) groups excluding carboxylic acids is 2. The number of rotatable bonds is 14. The summed E-state index contributed by atoms with van der Waals surface area (Å²) in [5.74, 6) is -1.40. The van der Waals surface area contributed by atoms with Gasteiger partial charge in [-0.2, -0.15) is 0 Å². The molecule has 2 aromatic rings. The average Bonchev–Trinajstić information content (AvgIpc) is 2.86. The molecule has 1 aliphatic carbocycles. The summed E-state index contributed by atoms with van der Waals surface area (Å²) in [6.07, 6.45) is 6.68. The summed E-state index contributed by atoms with van der Waals surface area (Å²) in [4.78, 5) is 38.9. The molecular weight excluding hydrogens is 452 g/mol. The third-order valence-corrected chi connectivity index (χ3v) is 7.70. The molecule has 0 heterocycles. The van der Waals surface area contributed by atoms with Crippen molar-refractivity contribution in [3.63, 3.8) is 0 Å². The molecule has 1 aliphatic rings. The third kappa shape index (κ3) is 7.19. The maximum atomic E-state index is 13.7. The Labute approximate surface area is 214 Å². The van der Waals surface area contributed by atoms with Gasteiger partial charge in [-0.3, -0.25) is 9.59 Å². The fourth-order valence-corrected chi connectivity index (χ4v) is 5.58. The normalized spacial score (nSPS) is 16.7. The van der Waals surface area contributed by atoms with Crippen molar-refractivity contribution >= 4 is 17.8 Å². The lowest BCUT2D eigenvalue weighted by Gasteiger charge is -2.48. The van der Waals surface area contributed by atoms with Gasteiger partial charge in [-0.25, -0.2) is 4.79 Å². The van der Waals surface area contributed by atoms with Crippen molar-refractivity contribution in [2.24, 2.45) is 5.41 Å². The first kappa shape index (κ1) is 27.4. The number of hydrogen-bond donors (Lipinski definition) is 3. The lowest BCUT2D eigenvalue weighted by Crippen LogP contribution is -2.61. The third-order valence-electron chi connectivity index (χ3n) is 7.70. The maximum Gasteiger partial charge on any atom is 0.405 e. The molecule has 3 N–H and O–H groups in total. The summed E-state index contributed by atoms with van der Waals surface area (Å²) in [7, 11) is 0. The smallest absolute Gasteiger partial charge is 0.405 e. The van der Waals surface area contributed by atoms with Gasteiger partial charge in [0.15, 0.2) is 0 Å². The summed E-state index contributed by atoms with van der Waals surface area (Å²) in [5, 5.41) is 15.1. The predicted octanol–water partition coefficient (Wildman–Crippen LogP) is 6.21. The van der Waals surface area contributed by atoms with Gasteiger partial charge in [0.05, 0.1) is 6.04 Å². The highest BCUT2D eigenvalue weighted by atomic mass is 16.4. The van der Waals surface area contributed by atoms with Gasteiger partial charge in [0, 0.05) is 0 Å². The summed E-state index contributed by atoms with van der Waals surface area (Å²) in [5.41, 5.74) is 0.611. The molecule has 2 aromatic carbocycles. The zero-order valence-corrected chi connectivity index (χ0v) is 21.6. The predicted molar refractivity (Wildman–Crippen MR) is 142 cm³/mol. The van der Waals surface area contributed by atoms with E-state index in [2.05, 4.69) is 22.8 Å². The Morgan fingerprint density at radius 1 is 1.00 bits per heavy atom. The molecule has 0 aliphatic heterocycles. The van der Waals surface area contributed by atoms with Crippen LogP contribution in [0.4, 0.5) is 4.79 Å². The van der Waals surface area contributed by atoms with Crippen LogP contribution in [-0.4, -0.2) is 28.4 Å². The maximum absolute atomic E-state index is 13.7. The van der Waals surface area contributed by atoms with Crippen LogP contribution in [0.2, 0.25) is 0 Å². The lowest BCUT2D eigenvalue weighted by molar-refractivity contribution is -0.144. The highest BCUT2D eigenvalue weighted by Crippen LogP contribution is 2.51. The minimum absolute atomic E-state index is 0.133. The van der Waals surface area contributed by atoms with Crippen LogP contribution in [0.1, 0.15) is 88.8 Å². The summed E-state index contributed by atoms with van der Waals surface area (Å²) in [6, 6.07) is 19.4. The number of amides is 2. The van der Waals surface area contributed by atoms with Gasteiger partial charge in [0.2, 0.25) is 5.78 Å². The van der Waals surface area contributed by atoms with Crippen molar-refractivity contribution in [2.75, 3.05) is 0 Å². The van der Waals surface area contributed by atoms with Crippen LogP contribution in [0.3, 0.4) is 0 Å². The second kappa shape index (κ2) is 12.7. The van der Waals surface area contributed by atoms with Crippen molar-refractivity contribution in [1.82, 2.24) is 10.6 Å². The second-order valence-corrected chi connectivity index (χ2v) is 10.4. The fraction of sp³-hybridized carbons (Fsp3) is 0.500. The van der Waals surface area contributed by atoms with Crippen molar-refractivity contribution in [3.05, 3.63) is 71.8 Å². The molecule has 1 fully saturated rings. The summed E-state index contributed by atoms with van der Waals surface area (Å²) < 4.78 is 0. The molecule has 36 heavy (non-hydrogen) atoms. The number of Topliss-reactive ketones (excluding diaryl/α,β-unsaturated/α-hetero) is 1. The SMILES string of the molecule is CCCCC(CC1(CCCc2ccccc2)CCC1)(NC(=O)O)C(=O)C(=O)N[C@H](C)c1ccccc1. The molecule has 6 nitrogen and oxygen atoms in total. The molecule has 194 valence electrons. The van der Waals surface area contributed by atoms with Crippen LogP contribution < -0.4 is 10.6 Å². The Bertz CT molecular complexity index is 1000. The first-order valence-electron chi connectivity index (χ1n) is 13.2. The number of carboxylic acid groups (broad SMARTS) is 1. The molecule has 0 radical (unpaired) electrons. The Morgan fingerprint density at radius 2 is 1.64 bits per heavy atom. The molecule has 2 atom stereocenters. The monoisotopic (exact) mass is 492 g/mol. The van der Waals surface area contributed by atoms with E-state index in [1.54, 1.807) is 0 Å². The summed E-state index contributed by atoms with van der Waals surface area (Å²) >= 11 is 0. The van der Waals surface area contributed by atoms with E-state index in [-0.39, 0.29) is 11.5 Å². The average molecular weight is 493 g/mol. The molecule has 0 saturated heterocycles. The molecule has 1 saturated carbocycles. The van der Waals surface area contributed by atoms with Gasteiger partial charge in [0.1, 0.15) is 5.54 Å². The van der Waals surface area contributed by atoms with Crippen LogP contribution in [0.25, 0.3) is 0 Å². The molecule has 0 spiro atoms. The zero-order valence-electron chi connectivity index (χ0n) is 21.6. The second-order valence-electron chi connectivity index (χ2n) is 10.4. The van der Waals surface area contributed by atoms with Crippen molar-refractivity contribution < 1.29 is 19.5 Å². The molecule has 0 aromatic heterocycles. The van der Waals surface area contributed by atoms with E-state index in [1.807, 2.05) is 62.4 Å². The number of hydrogen-bond acceptors (Lipinski definition) is 3. The highest BCUT2D eigenvalue weighted by Gasteiger charge is 2.50. The number of unbranched alkanes of at least 4 members (excludes halogenated alkanes) is 1. The lowest BCUT2D eigenvalue weighted by atomic mass is 9.59. The molecule has 6 heteroatoms. The minimum atomic E-state index is -1.42. The zero-order chi connectivity index (χ0) is 26.0.